The maximum absolute atomic E-state index is 12.5. The number of rotatable bonds is 5. The van der Waals surface area contributed by atoms with Gasteiger partial charge in [0.2, 0.25) is 0 Å². The Balaban J connectivity index is 1.49. The quantitative estimate of drug-likeness (QED) is 0.461. The largest absolute Gasteiger partial charge is 0.452 e. The van der Waals surface area contributed by atoms with Crippen LogP contribution in [-0.4, -0.2) is 33.1 Å². The number of carbonyl (C=O) groups excluding carboxylic acids is 2. The van der Waals surface area contributed by atoms with Crippen molar-refractivity contribution in [2.24, 2.45) is 0 Å². The monoisotopic (exact) mass is 440 g/mol. The molecule has 30 heavy (non-hydrogen) atoms. The van der Waals surface area contributed by atoms with Gasteiger partial charge in [0.05, 0.1) is 27.6 Å². The molecule has 0 spiro atoms. The van der Waals surface area contributed by atoms with Crippen LogP contribution < -0.4 is 5.32 Å². The van der Waals surface area contributed by atoms with Crippen molar-refractivity contribution in [3.8, 4) is 11.3 Å². The van der Waals surface area contributed by atoms with Crippen LogP contribution in [0, 0.1) is 0 Å². The zero-order valence-electron chi connectivity index (χ0n) is 15.4. The molecule has 0 saturated carbocycles. The third kappa shape index (κ3) is 3.98. The van der Waals surface area contributed by atoms with E-state index in [4.69, 9.17) is 27.9 Å². The number of esters is 1. The van der Waals surface area contributed by atoms with Crippen molar-refractivity contribution in [2.75, 3.05) is 11.9 Å². The van der Waals surface area contributed by atoms with Gasteiger partial charge in [0.15, 0.2) is 12.3 Å². The van der Waals surface area contributed by atoms with E-state index >= 15 is 0 Å². The molecule has 0 aliphatic rings. The van der Waals surface area contributed by atoms with Gasteiger partial charge in [-0.15, -0.1) is 0 Å². The molecule has 1 N–H and O–H groups in total. The van der Waals surface area contributed by atoms with Crippen LogP contribution >= 0.6 is 23.2 Å². The summed E-state index contributed by atoms with van der Waals surface area (Å²) in [6, 6.07) is 16.2. The summed E-state index contributed by atoms with van der Waals surface area (Å²) in [5.41, 5.74) is 2.51. The van der Waals surface area contributed by atoms with Gasteiger partial charge in [-0.3, -0.25) is 4.79 Å². The molecule has 0 atom stereocenters. The van der Waals surface area contributed by atoms with E-state index in [1.54, 1.807) is 35.0 Å². The summed E-state index contributed by atoms with van der Waals surface area (Å²) in [7, 11) is 0. The lowest BCUT2D eigenvalue weighted by atomic mass is 10.1. The van der Waals surface area contributed by atoms with E-state index < -0.39 is 18.5 Å². The molecule has 1 amide bonds. The molecule has 0 unspecified atom stereocenters. The number of hydrogen-bond acceptors (Lipinski definition) is 5. The second-order valence-electron chi connectivity index (χ2n) is 6.22. The minimum absolute atomic E-state index is 0.154. The van der Waals surface area contributed by atoms with Gasteiger partial charge in [0, 0.05) is 11.8 Å². The lowest BCUT2D eigenvalue weighted by molar-refractivity contribution is -0.119. The molecule has 2 heterocycles. The highest BCUT2D eigenvalue weighted by Gasteiger charge is 2.19. The van der Waals surface area contributed by atoms with E-state index in [0.717, 1.165) is 11.3 Å². The number of halogens is 2. The molecule has 0 aliphatic heterocycles. The Kier molecular flexibility index (Phi) is 5.65. The van der Waals surface area contributed by atoms with Gasteiger partial charge in [0.1, 0.15) is 5.56 Å². The molecule has 0 radical (unpaired) electrons. The van der Waals surface area contributed by atoms with Gasteiger partial charge >= 0.3 is 5.97 Å². The number of benzene rings is 2. The molecule has 2 aromatic heterocycles. The number of anilines is 1. The minimum Gasteiger partial charge on any atom is -0.452 e. The first-order valence-electron chi connectivity index (χ1n) is 8.84. The number of hydrogen-bond donors (Lipinski definition) is 1. The molecule has 7 nitrogen and oxygen atoms in total. The number of nitrogens with zero attached hydrogens (tertiary/aromatic N) is 3. The molecule has 0 bridgehead atoms. The average Bonchev–Trinajstić information content (AvgIpc) is 3.20. The third-order valence-electron chi connectivity index (χ3n) is 4.25. The standard InChI is InChI=1S/C21H14Cl2N4O3/c22-15-7-4-8-16(19(15)23)26-18(28)12-30-21(29)14-11-25-27-17(9-10-24-20(14)27)13-5-2-1-3-6-13/h1-11H,12H2,(H,26,28). The Bertz CT molecular complexity index is 1240. The minimum atomic E-state index is -0.713. The van der Waals surface area contributed by atoms with Crippen molar-refractivity contribution < 1.29 is 14.3 Å². The first kappa shape index (κ1) is 19.9. The van der Waals surface area contributed by atoms with Gasteiger partial charge < -0.3 is 10.1 Å². The molecule has 4 aromatic rings. The van der Waals surface area contributed by atoms with E-state index in [2.05, 4.69) is 15.4 Å². The molecule has 9 heteroatoms. The van der Waals surface area contributed by atoms with E-state index in [1.807, 2.05) is 30.3 Å². The first-order valence-corrected chi connectivity index (χ1v) is 9.59. The van der Waals surface area contributed by atoms with Crippen LogP contribution in [0.4, 0.5) is 5.69 Å². The van der Waals surface area contributed by atoms with Crippen LogP contribution in [0.5, 0.6) is 0 Å². The first-order chi connectivity index (χ1) is 14.5. The van der Waals surface area contributed by atoms with Gasteiger partial charge in [-0.25, -0.2) is 14.3 Å². The highest BCUT2D eigenvalue weighted by molar-refractivity contribution is 6.44. The Morgan fingerprint density at radius 2 is 1.83 bits per heavy atom. The zero-order chi connectivity index (χ0) is 21.1. The summed E-state index contributed by atoms with van der Waals surface area (Å²) in [5, 5.41) is 7.31. The lowest BCUT2D eigenvalue weighted by Crippen LogP contribution is -2.21. The number of nitrogens with one attached hydrogen (secondary N) is 1. The van der Waals surface area contributed by atoms with Gasteiger partial charge in [-0.2, -0.15) is 5.10 Å². The fraction of sp³-hybridized carbons (Fsp3) is 0.0476. The Morgan fingerprint density at radius 1 is 1.03 bits per heavy atom. The van der Waals surface area contributed by atoms with Crippen molar-refractivity contribution in [1.29, 1.82) is 0 Å². The Morgan fingerprint density at radius 3 is 2.63 bits per heavy atom. The second kappa shape index (κ2) is 8.52. The van der Waals surface area contributed by atoms with Crippen molar-refractivity contribution in [3.05, 3.63) is 82.6 Å². The summed E-state index contributed by atoms with van der Waals surface area (Å²) >= 11 is 12.0. The number of fused-ring (bicyclic) bond motifs is 1. The molecular formula is C21H14Cl2N4O3. The van der Waals surface area contributed by atoms with Crippen molar-refractivity contribution in [2.45, 2.75) is 0 Å². The summed E-state index contributed by atoms with van der Waals surface area (Å²) in [6.45, 7) is -0.503. The van der Waals surface area contributed by atoms with Crippen LogP contribution in [0.3, 0.4) is 0 Å². The number of amides is 1. The maximum atomic E-state index is 12.5. The normalized spacial score (nSPS) is 10.7. The molecule has 0 saturated heterocycles. The lowest BCUT2D eigenvalue weighted by Gasteiger charge is -2.08. The third-order valence-corrected chi connectivity index (χ3v) is 5.07. The molecule has 0 fully saturated rings. The summed E-state index contributed by atoms with van der Waals surface area (Å²) in [4.78, 5) is 28.9. The Labute approximate surface area is 181 Å². The maximum Gasteiger partial charge on any atom is 0.344 e. The predicted molar refractivity (Wildman–Crippen MR) is 114 cm³/mol. The van der Waals surface area contributed by atoms with Gasteiger partial charge in [-0.1, -0.05) is 59.6 Å². The topological polar surface area (TPSA) is 85.6 Å². The van der Waals surface area contributed by atoms with E-state index in [1.165, 1.54) is 6.20 Å². The smallest absolute Gasteiger partial charge is 0.344 e. The zero-order valence-corrected chi connectivity index (χ0v) is 16.9. The number of ether oxygens (including phenoxy) is 1. The fourth-order valence-electron chi connectivity index (χ4n) is 2.86. The highest BCUT2D eigenvalue weighted by atomic mass is 35.5. The van der Waals surface area contributed by atoms with Crippen molar-refractivity contribution in [3.63, 3.8) is 0 Å². The molecule has 4 rings (SSSR count). The molecular weight excluding hydrogens is 427 g/mol. The summed E-state index contributed by atoms with van der Waals surface area (Å²) < 4.78 is 6.68. The van der Waals surface area contributed by atoms with Crippen LogP contribution in [0.1, 0.15) is 10.4 Å². The predicted octanol–water partition coefficient (Wildman–Crippen LogP) is 4.50. The van der Waals surface area contributed by atoms with E-state index in [-0.39, 0.29) is 10.6 Å². The summed E-state index contributed by atoms with van der Waals surface area (Å²) in [6.07, 6.45) is 2.95. The second-order valence-corrected chi connectivity index (χ2v) is 7.00. The van der Waals surface area contributed by atoms with Crippen LogP contribution in [-0.2, 0) is 9.53 Å². The molecule has 150 valence electrons. The highest BCUT2D eigenvalue weighted by Crippen LogP contribution is 2.29. The summed E-state index contributed by atoms with van der Waals surface area (Å²) in [5.74, 6) is -1.27. The SMILES string of the molecule is O=C(COC(=O)c1cnn2c(-c3ccccc3)ccnc12)Nc1cccc(Cl)c1Cl. The van der Waals surface area contributed by atoms with Crippen LogP contribution in [0.2, 0.25) is 10.0 Å². The Hall–Kier alpha value is -3.42. The number of carbonyl (C=O) groups is 2. The van der Waals surface area contributed by atoms with E-state index in [9.17, 15) is 9.59 Å². The van der Waals surface area contributed by atoms with Crippen LogP contribution in [0.25, 0.3) is 16.9 Å². The van der Waals surface area contributed by atoms with Gasteiger partial charge in [0.25, 0.3) is 5.91 Å². The van der Waals surface area contributed by atoms with Crippen molar-refractivity contribution in [1.82, 2.24) is 14.6 Å². The van der Waals surface area contributed by atoms with Crippen LogP contribution in [0.15, 0.2) is 67.0 Å². The number of aromatic nitrogens is 3. The fourth-order valence-corrected chi connectivity index (χ4v) is 3.21. The van der Waals surface area contributed by atoms with Crippen molar-refractivity contribution >= 4 is 46.4 Å². The molecule has 2 aromatic carbocycles. The average molecular weight is 441 g/mol. The molecule has 0 aliphatic carbocycles. The van der Waals surface area contributed by atoms with E-state index in [0.29, 0.717) is 16.4 Å². The van der Waals surface area contributed by atoms with Gasteiger partial charge in [-0.05, 0) is 18.2 Å².